The molecule has 108 valence electrons. The number of carbonyl (C=O) groups excluding carboxylic acids is 1. The van der Waals surface area contributed by atoms with Gasteiger partial charge in [-0.15, -0.1) is 11.3 Å². The molecule has 0 aromatic carbocycles. The van der Waals surface area contributed by atoms with Crippen molar-refractivity contribution < 1.29 is 9.90 Å². The highest BCUT2D eigenvalue weighted by Gasteiger charge is 2.24. The predicted molar refractivity (Wildman–Crippen MR) is 82.0 cm³/mol. The number of nitrogens with one attached hydrogen (secondary N) is 1. The second-order valence-corrected chi connectivity index (χ2v) is 6.46. The molecule has 2 heterocycles. The molecule has 0 saturated heterocycles. The van der Waals surface area contributed by atoms with Crippen LogP contribution in [0.4, 0.5) is 5.69 Å². The number of aliphatic hydroxyl groups is 1. The number of rotatable bonds is 4. The average molecular weight is 293 g/mol. The van der Waals surface area contributed by atoms with Crippen molar-refractivity contribution in [2.24, 2.45) is 0 Å². The lowest BCUT2D eigenvalue weighted by Crippen LogP contribution is -2.43. The highest BCUT2D eigenvalue weighted by molar-refractivity contribution is 7.21. The van der Waals surface area contributed by atoms with Crippen LogP contribution in [0.25, 0.3) is 10.2 Å². The number of nitrogen functional groups attached to an aromatic ring is 1. The molecule has 0 bridgehead atoms. The minimum Gasteiger partial charge on any atom is -0.397 e. The average Bonchev–Trinajstić information content (AvgIpc) is 2.67. The van der Waals surface area contributed by atoms with E-state index in [2.05, 4.69) is 10.3 Å². The van der Waals surface area contributed by atoms with E-state index >= 15 is 0 Å². The van der Waals surface area contributed by atoms with Crippen LogP contribution < -0.4 is 11.1 Å². The molecule has 1 amide bonds. The summed E-state index contributed by atoms with van der Waals surface area (Å²) in [5.41, 5.74) is 7.11. The number of nitrogens with two attached hydrogens (primary N) is 1. The molecule has 0 unspecified atom stereocenters. The molecule has 0 aliphatic rings. The molecule has 0 aliphatic heterocycles. The first-order valence-corrected chi connectivity index (χ1v) is 7.24. The smallest absolute Gasteiger partial charge is 0.263 e. The quantitative estimate of drug-likeness (QED) is 0.805. The van der Waals surface area contributed by atoms with Gasteiger partial charge in [0.15, 0.2) is 0 Å². The van der Waals surface area contributed by atoms with Crippen molar-refractivity contribution in [1.29, 1.82) is 0 Å². The van der Waals surface area contributed by atoms with Crippen LogP contribution in [0.15, 0.2) is 12.3 Å². The fraction of sp³-hybridized carbons (Fsp3) is 0.429. The summed E-state index contributed by atoms with van der Waals surface area (Å²) in [6.07, 6.45) is 2.20. The van der Waals surface area contributed by atoms with E-state index in [0.717, 1.165) is 15.8 Å². The maximum absolute atomic E-state index is 12.3. The number of nitrogens with zero attached hydrogens (tertiary/aromatic N) is 1. The lowest BCUT2D eigenvalue weighted by molar-refractivity contribution is 0.0904. The van der Waals surface area contributed by atoms with Gasteiger partial charge < -0.3 is 16.2 Å². The third-order valence-corrected chi connectivity index (χ3v) is 4.34. The van der Waals surface area contributed by atoms with Gasteiger partial charge in [-0.25, -0.2) is 4.98 Å². The van der Waals surface area contributed by atoms with Crippen molar-refractivity contribution in [3.8, 4) is 0 Å². The summed E-state index contributed by atoms with van der Waals surface area (Å²) >= 11 is 1.29. The molecule has 4 N–H and O–H groups in total. The highest BCUT2D eigenvalue weighted by Crippen LogP contribution is 2.34. The molecule has 0 atom stereocenters. The maximum Gasteiger partial charge on any atom is 0.263 e. The fourth-order valence-corrected chi connectivity index (χ4v) is 3.11. The molecule has 2 rings (SSSR count). The van der Waals surface area contributed by atoms with Crippen molar-refractivity contribution >= 4 is 33.1 Å². The molecule has 0 spiro atoms. The van der Waals surface area contributed by atoms with E-state index < -0.39 is 5.54 Å². The Bertz CT molecular complexity index is 649. The van der Waals surface area contributed by atoms with E-state index in [4.69, 9.17) is 10.8 Å². The van der Waals surface area contributed by atoms with Gasteiger partial charge in [0.2, 0.25) is 0 Å². The van der Waals surface area contributed by atoms with Crippen molar-refractivity contribution in [1.82, 2.24) is 10.3 Å². The molecule has 2 aromatic heterocycles. The largest absolute Gasteiger partial charge is 0.397 e. The van der Waals surface area contributed by atoms with Crippen molar-refractivity contribution in [2.75, 3.05) is 12.3 Å². The van der Waals surface area contributed by atoms with Gasteiger partial charge in [-0.2, -0.15) is 0 Å². The van der Waals surface area contributed by atoms with Crippen molar-refractivity contribution in [2.45, 2.75) is 32.7 Å². The van der Waals surface area contributed by atoms with Crippen LogP contribution in [0.1, 0.15) is 35.5 Å². The Morgan fingerprint density at radius 1 is 1.55 bits per heavy atom. The number of pyridine rings is 1. The van der Waals surface area contributed by atoms with E-state index in [-0.39, 0.29) is 12.5 Å². The third-order valence-electron chi connectivity index (χ3n) is 3.23. The molecule has 0 fully saturated rings. The van der Waals surface area contributed by atoms with Gasteiger partial charge in [-0.3, -0.25) is 4.79 Å². The molecule has 0 radical (unpaired) electrons. The summed E-state index contributed by atoms with van der Waals surface area (Å²) in [6, 6.07) is 1.88. The molecule has 20 heavy (non-hydrogen) atoms. The van der Waals surface area contributed by atoms with Gasteiger partial charge in [0.1, 0.15) is 9.71 Å². The zero-order valence-electron chi connectivity index (χ0n) is 11.9. The van der Waals surface area contributed by atoms with Gasteiger partial charge >= 0.3 is 0 Å². The number of fused-ring (bicyclic) bond motifs is 1. The SMILES string of the molecule is Cc1ccnc2sc(C(=O)NC(C)(C)CCO)c(N)c12. The molecule has 5 nitrogen and oxygen atoms in total. The maximum atomic E-state index is 12.3. The highest BCUT2D eigenvalue weighted by atomic mass is 32.1. The number of aryl methyl sites for hydroxylation is 1. The summed E-state index contributed by atoms with van der Waals surface area (Å²) in [5, 5.41) is 12.8. The number of hydrogen-bond acceptors (Lipinski definition) is 5. The van der Waals surface area contributed by atoms with E-state index in [9.17, 15) is 4.79 Å². The molecule has 6 heteroatoms. The normalized spacial score (nSPS) is 11.8. The van der Waals surface area contributed by atoms with Crippen LogP contribution in [-0.2, 0) is 0 Å². The Balaban J connectivity index is 2.36. The summed E-state index contributed by atoms with van der Waals surface area (Å²) in [7, 11) is 0. The first-order valence-electron chi connectivity index (χ1n) is 6.42. The van der Waals surface area contributed by atoms with Crippen LogP contribution in [-0.4, -0.2) is 28.1 Å². The van der Waals surface area contributed by atoms with Crippen LogP contribution in [0.2, 0.25) is 0 Å². The van der Waals surface area contributed by atoms with Crippen LogP contribution >= 0.6 is 11.3 Å². The lowest BCUT2D eigenvalue weighted by Gasteiger charge is -2.25. The monoisotopic (exact) mass is 293 g/mol. The van der Waals surface area contributed by atoms with E-state index in [1.165, 1.54) is 11.3 Å². The molecule has 0 aliphatic carbocycles. The fourth-order valence-electron chi connectivity index (χ4n) is 2.08. The summed E-state index contributed by atoms with van der Waals surface area (Å²) in [6.45, 7) is 5.71. The number of aliphatic hydroxyl groups excluding tert-OH is 1. The Kier molecular flexibility index (Phi) is 3.96. The Labute approximate surface area is 121 Å². The Morgan fingerprint density at radius 3 is 2.85 bits per heavy atom. The molecule has 0 saturated carbocycles. The molecular formula is C14H19N3O2S. The minimum absolute atomic E-state index is 0.0237. The first kappa shape index (κ1) is 14.7. The Morgan fingerprint density at radius 2 is 2.25 bits per heavy atom. The van der Waals surface area contributed by atoms with Crippen LogP contribution in [0, 0.1) is 6.92 Å². The number of carbonyl (C=O) groups is 1. The summed E-state index contributed by atoms with van der Waals surface area (Å²) in [5.74, 6) is -0.219. The zero-order chi connectivity index (χ0) is 14.9. The number of anilines is 1. The molecule has 2 aromatic rings. The van der Waals surface area contributed by atoms with Gasteiger partial charge in [-0.1, -0.05) is 0 Å². The third kappa shape index (κ3) is 2.76. The van der Waals surface area contributed by atoms with Crippen LogP contribution in [0.5, 0.6) is 0 Å². The van der Waals surface area contributed by atoms with E-state index in [1.54, 1.807) is 6.20 Å². The van der Waals surface area contributed by atoms with E-state index in [1.807, 2.05) is 26.8 Å². The number of amides is 1. The van der Waals surface area contributed by atoms with Gasteiger partial charge in [0, 0.05) is 23.7 Å². The lowest BCUT2D eigenvalue weighted by atomic mass is 10.0. The first-order chi connectivity index (χ1) is 9.35. The van der Waals surface area contributed by atoms with Gasteiger partial charge in [0.05, 0.1) is 5.69 Å². The second-order valence-electron chi connectivity index (χ2n) is 5.46. The predicted octanol–water partition coefficient (Wildman–Crippen LogP) is 2.08. The van der Waals surface area contributed by atoms with Gasteiger partial charge in [0.25, 0.3) is 5.91 Å². The topological polar surface area (TPSA) is 88.2 Å². The van der Waals surface area contributed by atoms with E-state index in [0.29, 0.717) is 17.0 Å². The zero-order valence-corrected chi connectivity index (χ0v) is 12.7. The Hall–Kier alpha value is -1.66. The second kappa shape index (κ2) is 5.38. The number of hydrogen-bond donors (Lipinski definition) is 3. The summed E-state index contributed by atoms with van der Waals surface area (Å²) < 4.78 is 0. The summed E-state index contributed by atoms with van der Waals surface area (Å²) in [4.78, 5) is 17.9. The van der Waals surface area contributed by atoms with Crippen molar-refractivity contribution in [3.05, 3.63) is 22.7 Å². The minimum atomic E-state index is -0.475. The standard InChI is InChI=1S/C14H19N3O2S/c1-8-4-6-16-13-9(8)10(15)11(20-13)12(19)17-14(2,3)5-7-18/h4,6,18H,5,7,15H2,1-3H3,(H,17,19). The number of thiophene rings is 1. The molecular weight excluding hydrogens is 274 g/mol. The van der Waals surface area contributed by atoms with Crippen molar-refractivity contribution in [3.63, 3.8) is 0 Å². The van der Waals surface area contributed by atoms with Crippen LogP contribution in [0.3, 0.4) is 0 Å². The van der Waals surface area contributed by atoms with Gasteiger partial charge in [-0.05, 0) is 38.8 Å². The number of aromatic nitrogens is 1.